The summed E-state index contributed by atoms with van der Waals surface area (Å²) in [4.78, 5) is -0.703. The van der Waals surface area contributed by atoms with Gasteiger partial charge in [-0.1, -0.05) is 0 Å². The second-order valence-electron chi connectivity index (χ2n) is 5.96. The molecule has 0 atom stereocenters. The summed E-state index contributed by atoms with van der Waals surface area (Å²) in [5, 5.41) is 0. The first kappa shape index (κ1) is 22.0. The lowest BCUT2D eigenvalue weighted by Gasteiger charge is -2.21. The number of aryl methyl sites for hydroxylation is 2. The van der Waals surface area contributed by atoms with Crippen LogP contribution in [0.3, 0.4) is 0 Å². The molecule has 0 radical (unpaired) electrons. The van der Waals surface area contributed by atoms with E-state index in [9.17, 15) is 25.9 Å². The van der Waals surface area contributed by atoms with Crippen molar-refractivity contribution in [1.29, 1.82) is 0 Å². The molecule has 26 heavy (non-hydrogen) atoms. The smallest absolute Gasteiger partial charge is 0.282 e. The zero-order chi connectivity index (χ0) is 20.2. The zero-order valence-corrected chi connectivity index (χ0v) is 20.2. The van der Waals surface area contributed by atoms with Crippen LogP contribution in [0.15, 0.2) is 21.9 Å². The van der Waals surface area contributed by atoms with Gasteiger partial charge in [0, 0.05) is 18.3 Å². The molecule has 6 nitrogen and oxygen atoms in total. The molecule has 0 heterocycles. The van der Waals surface area contributed by atoms with Crippen LogP contribution in [0.1, 0.15) is 22.3 Å². The third kappa shape index (κ3) is 3.94. The largest absolute Gasteiger partial charge is 0.295 e. The topological polar surface area (TPSA) is 109 Å². The zero-order valence-electron chi connectivity index (χ0n) is 14.3. The molecule has 142 valence electrons. The van der Waals surface area contributed by atoms with Crippen molar-refractivity contribution in [3.63, 3.8) is 0 Å². The summed E-state index contributed by atoms with van der Waals surface area (Å²) >= 11 is 3.91. The molecule has 2 rings (SSSR count). The molecule has 0 aliphatic carbocycles. The van der Waals surface area contributed by atoms with Crippen LogP contribution in [-0.2, 0) is 20.2 Å². The number of hydrogen-bond donors (Lipinski definition) is 2. The second-order valence-corrected chi connectivity index (χ2v) is 11.0. The molecule has 10 heteroatoms. The van der Waals surface area contributed by atoms with Gasteiger partial charge in [0.25, 0.3) is 20.2 Å². The number of halogens is 2. The van der Waals surface area contributed by atoms with Gasteiger partial charge in [0.2, 0.25) is 0 Å². The Labute approximate surface area is 180 Å². The summed E-state index contributed by atoms with van der Waals surface area (Å²) in [6.07, 6.45) is 0. The fourth-order valence-electron chi connectivity index (χ4n) is 2.96. The Morgan fingerprint density at radius 1 is 0.692 bits per heavy atom. The normalized spacial score (nSPS) is 12.5. The Balaban J connectivity index is 3.25. The molecule has 0 saturated carbocycles. The number of rotatable bonds is 3. The van der Waals surface area contributed by atoms with Crippen molar-refractivity contribution in [2.24, 2.45) is 0 Å². The summed E-state index contributed by atoms with van der Waals surface area (Å²) in [6, 6.07) is 3.42. The molecule has 2 aromatic carbocycles. The highest BCUT2D eigenvalue weighted by Crippen LogP contribution is 2.42. The van der Waals surface area contributed by atoms with E-state index in [0.29, 0.717) is 29.4 Å². The van der Waals surface area contributed by atoms with Crippen molar-refractivity contribution in [2.75, 3.05) is 0 Å². The van der Waals surface area contributed by atoms with E-state index < -0.39 is 20.2 Å². The van der Waals surface area contributed by atoms with Crippen LogP contribution < -0.4 is 0 Å². The molecule has 0 amide bonds. The van der Waals surface area contributed by atoms with E-state index in [1.165, 1.54) is 13.8 Å². The minimum absolute atomic E-state index is 0.0787. The van der Waals surface area contributed by atoms with Crippen LogP contribution in [0.2, 0.25) is 0 Å². The van der Waals surface area contributed by atoms with Crippen LogP contribution in [0.4, 0.5) is 0 Å². The maximum Gasteiger partial charge on any atom is 0.295 e. The van der Waals surface area contributed by atoms with Gasteiger partial charge in [0.15, 0.2) is 0 Å². The van der Waals surface area contributed by atoms with Crippen LogP contribution in [0.5, 0.6) is 0 Å². The van der Waals surface area contributed by atoms with Crippen molar-refractivity contribution in [2.45, 2.75) is 37.5 Å². The third-order valence-electron chi connectivity index (χ3n) is 4.09. The maximum absolute atomic E-state index is 12.1. The van der Waals surface area contributed by atoms with Crippen molar-refractivity contribution >= 4 is 65.4 Å². The number of hydrogen-bond acceptors (Lipinski definition) is 4. The Morgan fingerprint density at radius 3 is 1.19 bits per heavy atom. The van der Waals surface area contributed by atoms with Crippen LogP contribution in [0.25, 0.3) is 11.1 Å². The molecule has 0 unspecified atom stereocenters. The molecule has 0 aliphatic rings. The van der Waals surface area contributed by atoms with Gasteiger partial charge in [-0.2, -0.15) is 16.8 Å². The second kappa shape index (κ2) is 7.28. The van der Waals surface area contributed by atoms with Crippen molar-refractivity contribution in [3.05, 3.63) is 41.5 Å². The predicted molar refractivity (Wildman–Crippen MR) is 116 cm³/mol. The van der Waals surface area contributed by atoms with Gasteiger partial charge >= 0.3 is 0 Å². The highest BCUT2D eigenvalue weighted by Gasteiger charge is 2.30. The molecular formula is C16H16I2O6S2. The van der Waals surface area contributed by atoms with E-state index in [4.69, 9.17) is 0 Å². The highest BCUT2D eigenvalue weighted by atomic mass is 127. The maximum atomic E-state index is 12.1. The number of benzene rings is 2. The van der Waals surface area contributed by atoms with E-state index in [2.05, 4.69) is 0 Å². The van der Waals surface area contributed by atoms with Gasteiger partial charge in [-0.15, -0.1) is 0 Å². The minimum atomic E-state index is -4.64. The molecule has 0 fully saturated rings. The Bertz CT molecular complexity index is 1040. The van der Waals surface area contributed by atoms with Gasteiger partial charge in [-0.25, -0.2) is 0 Å². The lowest BCUT2D eigenvalue weighted by Crippen LogP contribution is -2.12. The van der Waals surface area contributed by atoms with Gasteiger partial charge in [-0.05, 0) is 107 Å². The fraction of sp³-hybridized carbons (Fsp3) is 0.250. The summed E-state index contributed by atoms with van der Waals surface area (Å²) in [7, 11) is -9.28. The van der Waals surface area contributed by atoms with Gasteiger partial charge in [0.05, 0.1) is 0 Å². The quantitative estimate of drug-likeness (QED) is 0.391. The summed E-state index contributed by atoms with van der Waals surface area (Å²) < 4.78 is 69.3. The molecular weight excluding hydrogens is 606 g/mol. The Hall–Kier alpha value is -0.280. The average molecular weight is 622 g/mol. The molecule has 0 aromatic heterocycles. The predicted octanol–water partition coefficient (Wildman–Crippen LogP) is 4.29. The SMILES string of the molecule is Cc1cc(I)c(C)c(S(=O)(=O)O)c1-c1c(C)cc(I)c(C)c1S(=O)(=O)O. The van der Waals surface area contributed by atoms with E-state index in [1.807, 2.05) is 45.2 Å². The van der Waals surface area contributed by atoms with Crippen LogP contribution in [0, 0.1) is 34.8 Å². The van der Waals surface area contributed by atoms with Gasteiger partial charge in [-0.3, -0.25) is 9.11 Å². The Morgan fingerprint density at radius 2 is 0.962 bits per heavy atom. The Kier molecular flexibility index (Phi) is 6.16. The van der Waals surface area contributed by atoms with E-state index >= 15 is 0 Å². The van der Waals surface area contributed by atoms with Gasteiger partial charge in [0.1, 0.15) is 9.79 Å². The molecule has 2 aromatic rings. The van der Waals surface area contributed by atoms with Crippen molar-refractivity contribution in [3.8, 4) is 11.1 Å². The molecule has 0 saturated heterocycles. The highest BCUT2D eigenvalue weighted by molar-refractivity contribution is 14.1. The molecule has 0 bridgehead atoms. The molecule has 0 spiro atoms. The minimum Gasteiger partial charge on any atom is -0.282 e. The van der Waals surface area contributed by atoms with Crippen molar-refractivity contribution in [1.82, 2.24) is 0 Å². The van der Waals surface area contributed by atoms with Crippen LogP contribution in [-0.4, -0.2) is 25.9 Å². The van der Waals surface area contributed by atoms with Gasteiger partial charge < -0.3 is 0 Å². The van der Waals surface area contributed by atoms with Crippen molar-refractivity contribution < 1.29 is 25.9 Å². The average Bonchev–Trinajstić information content (AvgIpc) is 2.44. The third-order valence-corrected chi connectivity index (χ3v) is 8.39. The molecule has 2 N–H and O–H groups in total. The lowest BCUT2D eigenvalue weighted by atomic mass is 9.93. The van der Waals surface area contributed by atoms with E-state index in [1.54, 1.807) is 26.0 Å². The first-order chi connectivity index (χ1) is 11.7. The lowest BCUT2D eigenvalue weighted by molar-refractivity contribution is 0.479. The van der Waals surface area contributed by atoms with E-state index in [-0.39, 0.29) is 20.9 Å². The first-order valence-corrected chi connectivity index (χ1v) is 12.3. The standard InChI is InChI=1S/C16H16I2O6S2/c1-7-5-11(17)9(3)15(25(19,20)21)13(7)14-8(2)6-12(18)10(4)16(14)26(22,23)24/h5-6H,1-4H3,(H,19,20,21)(H,22,23,24). The monoisotopic (exact) mass is 622 g/mol. The molecule has 0 aliphatic heterocycles. The first-order valence-electron chi connectivity index (χ1n) is 7.22. The van der Waals surface area contributed by atoms with E-state index in [0.717, 1.165) is 0 Å². The van der Waals surface area contributed by atoms with Crippen LogP contribution >= 0.6 is 45.2 Å². The fourth-order valence-corrected chi connectivity index (χ4v) is 6.83. The summed E-state index contributed by atoms with van der Waals surface area (Å²) in [5.74, 6) is 0. The summed E-state index contributed by atoms with van der Waals surface area (Å²) in [6.45, 7) is 6.34. The summed E-state index contributed by atoms with van der Waals surface area (Å²) in [5.41, 5.74) is 1.73.